The molecule has 1 atom stereocenters. The molecule has 0 aromatic carbocycles. The molecule has 1 aliphatic rings. The highest BCUT2D eigenvalue weighted by Gasteiger charge is 2.27. The molecule has 0 saturated heterocycles. The van der Waals surface area contributed by atoms with Crippen molar-refractivity contribution in [3.05, 3.63) is 4.91 Å². The van der Waals surface area contributed by atoms with Gasteiger partial charge in [-0.2, -0.15) is 4.91 Å². The molecule has 1 aliphatic carbocycles. The van der Waals surface area contributed by atoms with Gasteiger partial charge in [0.1, 0.15) is 6.04 Å². The minimum Gasteiger partial charge on any atom is -0.297 e. The molecule has 0 radical (unpaired) electrons. The summed E-state index contributed by atoms with van der Waals surface area (Å²) in [6.45, 7) is 3.80. The van der Waals surface area contributed by atoms with E-state index < -0.39 is 6.04 Å². The van der Waals surface area contributed by atoms with Crippen LogP contribution in [0.5, 0.6) is 0 Å². The summed E-state index contributed by atoms with van der Waals surface area (Å²) in [6.07, 6.45) is 4.11. The molecule has 13 heavy (non-hydrogen) atoms. The van der Waals surface area contributed by atoms with E-state index in [9.17, 15) is 9.70 Å². The summed E-state index contributed by atoms with van der Waals surface area (Å²) < 4.78 is 0. The topological polar surface area (TPSA) is 46.5 Å². The summed E-state index contributed by atoms with van der Waals surface area (Å²) in [5, 5.41) is 2.78. The molecule has 0 spiro atoms. The van der Waals surface area contributed by atoms with E-state index in [0.717, 1.165) is 31.6 Å². The Labute approximate surface area is 78.9 Å². The number of hydrogen-bond acceptors (Lipinski definition) is 3. The highest BCUT2D eigenvalue weighted by Crippen LogP contribution is 2.29. The smallest absolute Gasteiger partial charge is 0.163 e. The number of carbonyl (C=O) groups is 1. The lowest BCUT2D eigenvalue weighted by molar-refractivity contribution is -0.124. The Balaban J connectivity index is 2.44. The standard InChI is InChI=1S/C10H17NO2/c1-7-3-5-9(6-4-7)10(12)8(2)11-13/h7-9H,3-6H2,1-2H3. The van der Waals surface area contributed by atoms with E-state index in [4.69, 9.17) is 0 Å². The Hall–Kier alpha value is -0.730. The van der Waals surface area contributed by atoms with Crippen LogP contribution in [0.15, 0.2) is 5.18 Å². The summed E-state index contributed by atoms with van der Waals surface area (Å²) in [5.41, 5.74) is 0. The van der Waals surface area contributed by atoms with Crippen molar-refractivity contribution < 1.29 is 4.79 Å². The summed E-state index contributed by atoms with van der Waals surface area (Å²) in [6, 6.07) is -0.640. The van der Waals surface area contributed by atoms with E-state index in [0.29, 0.717) is 0 Å². The van der Waals surface area contributed by atoms with Gasteiger partial charge in [0.2, 0.25) is 0 Å². The van der Waals surface area contributed by atoms with Crippen LogP contribution in [0.2, 0.25) is 0 Å². The number of nitrogens with zero attached hydrogens (tertiary/aromatic N) is 1. The molecule has 1 fully saturated rings. The molecule has 0 aliphatic heterocycles. The van der Waals surface area contributed by atoms with Gasteiger partial charge < -0.3 is 0 Å². The Bertz CT molecular complexity index is 195. The molecule has 0 heterocycles. The van der Waals surface area contributed by atoms with Crippen molar-refractivity contribution in [3.8, 4) is 0 Å². The van der Waals surface area contributed by atoms with E-state index in [-0.39, 0.29) is 11.7 Å². The third kappa shape index (κ3) is 2.61. The Morgan fingerprint density at radius 3 is 2.31 bits per heavy atom. The highest BCUT2D eigenvalue weighted by atomic mass is 16.3. The fourth-order valence-electron chi connectivity index (χ4n) is 1.94. The second kappa shape index (κ2) is 4.49. The van der Waals surface area contributed by atoms with Gasteiger partial charge in [0, 0.05) is 5.92 Å². The van der Waals surface area contributed by atoms with Gasteiger partial charge in [0.25, 0.3) is 0 Å². The van der Waals surface area contributed by atoms with Gasteiger partial charge in [0.15, 0.2) is 5.78 Å². The average molecular weight is 183 g/mol. The maximum atomic E-state index is 11.5. The number of nitroso groups, excluding NO2 is 1. The van der Waals surface area contributed by atoms with Crippen molar-refractivity contribution in [2.24, 2.45) is 17.0 Å². The van der Waals surface area contributed by atoms with Crippen LogP contribution in [-0.2, 0) is 4.79 Å². The molecule has 0 aromatic rings. The van der Waals surface area contributed by atoms with E-state index >= 15 is 0 Å². The first-order chi connectivity index (χ1) is 6.15. The van der Waals surface area contributed by atoms with Gasteiger partial charge in [-0.15, -0.1) is 0 Å². The van der Waals surface area contributed by atoms with E-state index in [2.05, 4.69) is 12.1 Å². The predicted molar refractivity (Wildman–Crippen MR) is 51.4 cm³/mol. The summed E-state index contributed by atoms with van der Waals surface area (Å²) >= 11 is 0. The van der Waals surface area contributed by atoms with Crippen molar-refractivity contribution >= 4 is 5.78 Å². The van der Waals surface area contributed by atoms with E-state index in [1.807, 2.05) is 0 Å². The number of rotatable bonds is 3. The van der Waals surface area contributed by atoms with Crippen molar-refractivity contribution in [2.75, 3.05) is 0 Å². The fourth-order valence-corrected chi connectivity index (χ4v) is 1.94. The van der Waals surface area contributed by atoms with Crippen LogP contribution in [-0.4, -0.2) is 11.8 Å². The van der Waals surface area contributed by atoms with Crippen LogP contribution in [0, 0.1) is 16.7 Å². The summed E-state index contributed by atoms with van der Waals surface area (Å²) in [4.78, 5) is 21.7. The third-order valence-corrected chi connectivity index (χ3v) is 2.99. The second-order valence-electron chi connectivity index (χ2n) is 4.14. The molecule has 74 valence electrons. The molecule has 3 nitrogen and oxygen atoms in total. The first kappa shape index (κ1) is 10.4. The van der Waals surface area contributed by atoms with Crippen LogP contribution in [0.1, 0.15) is 39.5 Å². The normalized spacial score (nSPS) is 30.9. The predicted octanol–water partition coefficient (Wildman–Crippen LogP) is 2.54. The lowest BCUT2D eigenvalue weighted by Crippen LogP contribution is -2.27. The molecule has 1 saturated carbocycles. The number of Topliss-reactive ketones (excluding diaryl/α,β-unsaturated/α-hetero) is 1. The van der Waals surface area contributed by atoms with Crippen LogP contribution in [0.3, 0.4) is 0 Å². The zero-order valence-electron chi connectivity index (χ0n) is 8.32. The SMILES string of the molecule is CC1CCC(C(=O)C(C)N=O)CC1. The van der Waals surface area contributed by atoms with Crippen LogP contribution in [0.4, 0.5) is 0 Å². The molecular weight excluding hydrogens is 166 g/mol. The van der Waals surface area contributed by atoms with Crippen molar-refractivity contribution in [2.45, 2.75) is 45.6 Å². The van der Waals surface area contributed by atoms with E-state index in [1.54, 1.807) is 6.92 Å². The second-order valence-corrected chi connectivity index (χ2v) is 4.14. The molecule has 0 aromatic heterocycles. The summed E-state index contributed by atoms with van der Waals surface area (Å²) in [5.74, 6) is 0.884. The Morgan fingerprint density at radius 1 is 1.31 bits per heavy atom. The number of carbonyl (C=O) groups excluding carboxylic acids is 1. The van der Waals surface area contributed by atoms with Gasteiger partial charge in [0.05, 0.1) is 0 Å². The van der Waals surface area contributed by atoms with Crippen LogP contribution >= 0.6 is 0 Å². The Kier molecular flexibility index (Phi) is 3.58. The van der Waals surface area contributed by atoms with Crippen molar-refractivity contribution in [3.63, 3.8) is 0 Å². The lowest BCUT2D eigenvalue weighted by atomic mass is 9.79. The fraction of sp³-hybridized carbons (Fsp3) is 0.900. The van der Waals surface area contributed by atoms with E-state index in [1.165, 1.54) is 0 Å². The van der Waals surface area contributed by atoms with Crippen LogP contribution in [0.25, 0.3) is 0 Å². The first-order valence-corrected chi connectivity index (χ1v) is 5.01. The molecule has 1 rings (SSSR count). The van der Waals surface area contributed by atoms with Gasteiger partial charge in [-0.3, -0.25) is 4.79 Å². The molecule has 0 N–H and O–H groups in total. The number of hydrogen-bond donors (Lipinski definition) is 0. The summed E-state index contributed by atoms with van der Waals surface area (Å²) in [7, 11) is 0. The molecule has 0 bridgehead atoms. The minimum absolute atomic E-state index is 0.0434. The Morgan fingerprint density at radius 2 is 1.85 bits per heavy atom. The molecule has 0 amide bonds. The zero-order chi connectivity index (χ0) is 9.84. The third-order valence-electron chi connectivity index (χ3n) is 2.99. The highest BCUT2D eigenvalue weighted by molar-refractivity contribution is 5.86. The van der Waals surface area contributed by atoms with Gasteiger partial charge >= 0.3 is 0 Å². The van der Waals surface area contributed by atoms with Crippen molar-refractivity contribution in [1.29, 1.82) is 0 Å². The maximum Gasteiger partial charge on any atom is 0.163 e. The zero-order valence-corrected chi connectivity index (χ0v) is 8.32. The monoisotopic (exact) mass is 183 g/mol. The van der Waals surface area contributed by atoms with Gasteiger partial charge in [-0.1, -0.05) is 24.9 Å². The van der Waals surface area contributed by atoms with Crippen LogP contribution < -0.4 is 0 Å². The largest absolute Gasteiger partial charge is 0.297 e. The van der Waals surface area contributed by atoms with Gasteiger partial charge in [-0.25, -0.2) is 0 Å². The van der Waals surface area contributed by atoms with Gasteiger partial charge in [-0.05, 0) is 25.7 Å². The maximum absolute atomic E-state index is 11.5. The quantitative estimate of drug-likeness (QED) is 0.631. The molecular formula is C10H17NO2. The van der Waals surface area contributed by atoms with Crippen molar-refractivity contribution in [1.82, 2.24) is 0 Å². The average Bonchev–Trinajstić information content (AvgIpc) is 2.17. The minimum atomic E-state index is -0.640. The number of ketones is 1. The lowest BCUT2D eigenvalue weighted by Gasteiger charge is -2.25. The molecule has 1 unspecified atom stereocenters. The first-order valence-electron chi connectivity index (χ1n) is 5.01. The molecule has 3 heteroatoms.